The lowest BCUT2D eigenvalue weighted by Gasteiger charge is -2.34. The molecule has 5 nitrogen and oxygen atoms in total. The lowest BCUT2D eigenvalue weighted by Crippen LogP contribution is -2.43. The molecule has 1 unspecified atom stereocenters. The molecule has 1 aliphatic heterocycles. The Bertz CT molecular complexity index is 1150. The summed E-state index contributed by atoms with van der Waals surface area (Å²) in [6, 6.07) is 12.5. The molecule has 27 heavy (non-hydrogen) atoms. The van der Waals surface area contributed by atoms with E-state index in [1.54, 1.807) is 24.3 Å². The molecule has 2 aromatic carbocycles. The molecule has 4 rings (SSSR count). The fourth-order valence-electron chi connectivity index (χ4n) is 3.65. The van der Waals surface area contributed by atoms with Crippen LogP contribution in [-0.4, -0.2) is 28.4 Å². The fraction of sp³-hybridized carbons (Fsp3) is 0.0952. The first-order valence-corrected chi connectivity index (χ1v) is 8.85. The van der Waals surface area contributed by atoms with Gasteiger partial charge in [0.05, 0.1) is 16.6 Å². The van der Waals surface area contributed by atoms with Gasteiger partial charge in [-0.2, -0.15) is 0 Å². The monoisotopic (exact) mass is 379 g/mol. The van der Waals surface area contributed by atoms with Crippen LogP contribution in [0.15, 0.2) is 66.0 Å². The molecule has 5 N–H and O–H groups in total. The first-order chi connectivity index (χ1) is 12.9. The van der Waals surface area contributed by atoms with E-state index in [-0.39, 0.29) is 10.9 Å². The Kier molecular flexibility index (Phi) is 3.97. The largest absolute Gasteiger partial charge is 0.478 e. The highest BCUT2D eigenvalue weighted by Gasteiger charge is 2.28. The third-order valence-electron chi connectivity index (χ3n) is 4.88. The molecule has 136 valence electrons. The highest BCUT2D eigenvalue weighted by atomic mass is 35.5. The third-order valence-corrected chi connectivity index (χ3v) is 5.23. The Morgan fingerprint density at radius 1 is 1.11 bits per heavy atom. The summed E-state index contributed by atoms with van der Waals surface area (Å²) in [6.45, 7) is 0. The van der Waals surface area contributed by atoms with Gasteiger partial charge in [-0.3, -0.25) is 0 Å². The van der Waals surface area contributed by atoms with Crippen molar-refractivity contribution in [2.45, 2.75) is 5.38 Å². The summed E-state index contributed by atoms with van der Waals surface area (Å²) in [4.78, 5) is 13.2. The quantitative estimate of drug-likeness (QED) is 0.544. The zero-order valence-corrected chi connectivity index (χ0v) is 15.4. The second-order valence-corrected chi connectivity index (χ2v) is 7.08. The molecule has 1 aliphatic carbocycles. The van der Waals surface area contributed by atoms with Crippen molar-refractivity contribution in [1.29, 1.82) is 0 Å². The highest BCUT2D eigenvalue weighted by molar-refractivity contribution is 6.28. The van der Waals surface area contributed by atoms with Crippen molar-refractivity contribution in [3.8, 4) is 0 Å². The molecule has 0 saturated carbocycles. The maximum absolute atomic E-state index is 11.2. The number of carboxylic acids is 1. The molecular weight excluding hydrogens is 362 g/mol. The van der Waals surface area contributed by atoms with Gasteiger partial charge in [0.2, 0.25) is 0 Å². The molecule has 1 heterocycles. The number of alkyl halides is 1. The molecule has 6 heteroatoms. The number of allylic oxidation sites excluding steroid dienone is 3. The zero-order chi connectivity index (χ0) is 19.3. The third kappa shape index (κ3) is 2.76. The van der Waals surface area contributed by atoms with Crippen molar-refractivity contribution in [2.24, 2.45) is 5.73 Å². The van der Waals surface area contributed by atoms with E-state index in [1.165, 1.54) is 0 Å². The van der Waals surface area contributed by atoms with Crippen LogP contribution in [0.25, 0.3) is 11.3 Å². The molecular formula is C21H18ClN3O2. The molecule has 2 aromatic rings. The molecule has 0 spiro atoms. The maximum atomic E-state index is 11.2. The predicted octanol–water partition coefficient (Wildman–Crippen LogP) is 1.57. The van der Waals surface area contributed by atoms with Crippen LogP contribution in [0.2, 0.25) is 0 Å². The number of anilines is 1. The Morgan fingerprint density at radius 2 is 1.81 bits per heavy atom. The van der Waals surface area contributed by atoms with E-state index in [2.05, 4.69) is 0 Å². The minimum atomic E-state index is -0.957. The van der Waals surface area contributed by atoms with Gasteiger partial charge in [0, 0.05) is 34.9 Å². The Hall–Kier alpha value is -3.18. The first-order valence-electron chi connectivity index (χ1n) is 8.42. The molecule has 2 aliphatic rings. The first kappa shape index (κ1) is 17.2. The standard InChI is InChI=1S/C21H18ClN3O2/c1-25-18-10-14(24)9-17(22)19(18)15-7-6-13(23)8-16(15)20(25)11-2-4-12(5-3-11)21(26)27/h2-10,17H,23-24H2,1H3,(H,26,27). The molecule has 0 fully saturated rings. The van der Waals surface area contributed by atoms with Crippen LogP contribution in [-0.2, 0) is 0 Å². The fourth-order valence-corrected chi connectivity index (χ4v) is 4.03. The number of rotatable bonds is 2. The average molecular weight is 380 g/mol. The summed E-state index contributed by atoms with van der Waals surface area (Å²) in [7, 11) is 1.95. The lowest BCUT2D eigenvalue weighted by molar-refractivity contribution is 0.0697. The summed E-state index contributed by atoms with van der Waals surface area (Å²) in [5, 5.41) is 10.8. The number of hydrogen-bond acceptors (Lipinski definition) is 4. The summed E-state index contributed by atoms with van der Waals surface area (Å²) in [6.07, 6.45) is 3.72. The number of hydrogen-bond donors (Lipinski definition) is 3. The average Bonchev–Trinajstić information content (AvgIpc) is 2.62. The van der Waals surface area contributed by atoms with Gasteiger partial charge in [-0.25, -0.2) is 4.79 Å². The van der Waals surface area contributed by atoms with E-state index in [0.29, 0.717) is 11.4 Å². The number of nitrogen functional groups attached to an aromatic ring is 1. The van der Waals surface area contributed by atoms with Gasteiger partial charge in [0.15, 0.2) is 0 Å². The van der Waals surface area contributed by atoms with E-state index in [9.17, 15) is 4.79 Å². The van der Waals surface area contributed by atoms with Crippen LogP contribution in [0, 0.1) is 0 Å². The van der Waals surface area contributed by atoms with Gasteiger partial charge in [-0.15, -0.1) is 11.6 Å². The van der Waals surface area contributed by atoms with Gasteiger partial charge in [-0.1, -0.05) is 18.2 Å². The van der Waals surface area contributed by atoms with Gasteiger partial charge < -0.3 is 21.5 Å². The number of fused-ring (bicyclic) bond motifs is 2. The Balaban J connectivity index is 2.07. The number of carbonyl (C=O) groups is 1. The zero-order valence-electron chi connectivity index (χ0n) is 14.6. The molecule has 0 amide bonds. The van der Waals surface area contributed by atoms with E-state index >= 15 is 0 Å². The van der Waals surface area contributed by atoms with E-state index in [4.69, 9.17) is 28.2 Å². The number of aromatic carboxylic acids is 1. The van der Waals surface area contributed by atoms with Crippen LogP contribution in [0.4, 0.5) is 5.69 Å². The maximum Gasteiger partial charge on any atom is 0.335 e. The molecule has 0 bridgehead atoms. The van der Waals surface area contributed by atoms with E-state index in [0.717, 1.165) is 33.0 Å². The molecule has 1 atom stereocenters. The Labute approximate surface area is 161 Å². The number of nitrogens with two attached hydrogens (primary N) is 2. The van der Waals surface area contributed by atoms with Crippen LogP contribution >= 0.6 is 11.6 Å². The number of carboxylic acid groups (broad SMARTS) is 1. The number of benzene rings is 2. The second-order valence-electron chi connectivity index (χ2n) is 6.61. The Morgan fingerprint density at radius 3 is 2.48 bits per heavy atom. The number of nitrogens with zero attached hydrogens (tertiary/aromatic N) is 1. The molecule has 0 radical (unpaired) electrons. The SMILES string of the molecule is CN1C2=CC(N)=CC(Cl)C2=c2ccc(N)cc2=C1c1ccc(C(=O)O)cc1. The summed E-state index contributed by atoms with van der Waals surface area (Å²) >= 11 is 6.60. The normalized spacial score (nSPS) is 18.4. The van der Waals surface area contributed by atoms with Crippen molar-refractivity contribution >= 4 is 34.5 Å². The van der Waals surface area contributed by atoms with E-state index in [1.807, 2.05) is 42.3 Å². The van der Waals surface area contributed by atoms with Crippen LogP contribution in [0.5, 0.6) is 0 Å². The van der Waals surface area contributed by atoms with Crippen molar-refractivity contribution in [1.82, 2.24) is 4.90 Å². The van der Waals surface area contributed by atoms with Gasteiger partial charge >= 0.3 is 5.97 Å². The second kappa shape index (κ2) is 6.21. The molecule has 0 aromatic heterocycles. The molecule has 0 saturated heterocycles. The smallest absolute Gasteiger partial charge is 0.335 e. The summed E-state index contributed by atoms with van der Waals surface area (Å²) in [5.74, 6) is -0.957. The van der Waals surface area contributed by atoms with Crippen LogP contribution in [0.3, 0.4) is 0 Å². The van der Waals surface area contributed by atoms with Gasteiger partial charge in [-0.05, 0) is 47.2 Å². The van der Waals surface area contributed by atoms with Crippen molar-refractivity contribution in [3.63, 3.8) is 0 Å². The lowest BCUT2D eigenvalue weighted by atomic mass is 9.91. The van der Waals surface area contributed by atoms with Crippen molar-refractivity contribution in [3.05, 3.63) is 87.6 Å². The minimum Gasteiger partial charge on any atom is -0.478 e. The number of halogens is 1. The van der Waals surface area contributed by atoms with Gasteiger partial charge in [0.1, 0.15) is 0 Å². The van der Waals surface area contributed by atoms with Gasteiger partial charge in [0.25, 0.3) is 0 Å². The van der Waals surface area contributed by atoms with Crippen LogP contribution < -0.4 is 21.9 Å². The van der Waals surface area contributed by atoms with Crippen molar-refractivity contribution < 1.29 is 9.90 Å². The highest BCUT2D eigenvalue weighted by Crippen LogP contribution is 2.33. The summed E-state index contributed by atoms with van der Waals surface area (Å²) < 4.78 is 0. The van der Waals surface area contributed by atoms with E-state index < -0.39 is 5.97 Å². The minimum absolute atomic E-state index is 0.239. The summed E-state index contributed by atoms with van der Waals surface area (Å²) in [5.41, 5.74) is 17.3. The predicted molar refractivity (Wildman–Crippen MR) is 107 cm³/mol. The topological polar surface area (TPSA) is 92.6 Å². The van der Waals surface area contributed by atoms with Crippen LogP contribution in [0.1, 0.15) is 15.9 Å². The van der Waals surface area contributed by atoms with Crippen molar-refractivity contribution in [2.75, 3.05) is 12.8 Å².